The zero-order valence-electron chi connectivity index (χ0n) is 23.3. The van der Waals surface area contributed by atoms with Gasteiger partial charge in [-0.1, -0.05) is 6.07 Å². The maximum Gasteiger partial charge on any atom is 0.294 e. The molecular weight excluding hydrogens is 586 g/mol. The van der Waals surface area contributed by atoms with E-state index in [1.54, 1.807) is 48.5 Å². The summed E-state index contributed by atoms with van der Waals surface area (Å²) < 4.78 is 38.0. The average molecular weight is 612 g/mol. The predicted molar refractivity (Wildman–Crippen MR) is 165 cm³/mol. The van der Waals surface area contributed by atoms with Crippen molar-refractivity contribution in [3.63, 3.8) is 0 Å². The van der Waals surface area contributed by atoms with Gasteiger partial charge in [-0.3, -0.25) is 4.55 Å². The average Bonchev–Trinajstić information content (AvgIpc) is 3.00. The van der Waals surface area contributed by atoms with Crippen molar-refractivity contribution >= 4 is 60.7 Å². The number of rotatable bonds is 8. The highest BCUT2D eigenvalue weighted by Crippen LogP contribution is 2.42. The van der Waals surface area contributed by atoms with Crippen LogP contribution >= 0.6 is 0 Å². The van der Waals surface area contributed by atoms with E-state index in [1.165, 1.54) is 37.4 Å². The zero-order valence-corrected chi connectivity index (χ0v) is 24.1. The molecule has 5 N–H and O–H groups in total. The first-order valence-electron chi connectivity index (χ1n) is 12.9. The largest absolute Gasteiger partial charge is 0.508 e. The molecule has 0 radical (unpaired) electrons. The number of phenolic OH excluding ortho intramolecular Hbond substituents is 2. The van der Waals surface area contributed by atoms with E-state index in [2.05, 4.69) is 30.7 Å². The van der Waals surface area contributed by atoms with Gasteiger partial charge >= 0.3 is 0 Å². The number of nitrogens with zero attached hydrogens (tertiary/aromatic N) is 6. The van der Waals surface area contributed by atoms with E-state index in [-0.39, 0.29) is 27.9 Å². The number of phenols is 2. The number of hydrogen-bond donors (Lipinski definition) is 4. The predicted octanol–water partition coefficient (Wildman–Crippen LogP) is 8.64. The van der Waals surface area contributed by atoms with E-state index in [4.69, 9.17) is 10.5 Å². The Kier molecular flexibility index (Phi) is 8.28. The molecular formula is C30H25N7O6S. The first-order chi connectivity index (χ1) is 21.0. The first-order valence-corrected chi connectivity index (χ1v) is 14.3. The molecule has 0 bridgehead atoms. The second-order valence-corrected chi connectivity index (χ2v) is 10.9. The first kappa shape index (κ1) is 29.8. The summed E-state index contributed by atoms with van der Waals surface area (Å²) in [5, 5.41) is 45.8. The smallest absolute Gasteiger partial charge is 0.294 e. The molecule has 5 aromatic rings. The summed E-state index contributed by atoms with van der Waals surface area (Å²) in [5.74, 6) is 0.0534. The van der Waals surface area contributed by atoms with Gasteiger partial charge in [0.15, 0.2) is 0 Å². The van der Waals surface area contributed by atoms with Crippen LogP contribution in [0, 0.1) is 6.92 Å². The third kappa shape index (κ3) is 6.67. The molecule has 13 nitrogen and oxygen atoms in total. The van der Waals surface area contributed by atoms with E-state index in [0.29, 0.717) is 39.7 Å². The molecule has 0 aliphatic carbocycles. The summed E-state index contributed by atoms with van der Waals surface area (Å²) >= 11 is 0. The number of nitrogens with two attached hydrogens (primary N) is 1. The number of benzene rings is 5. The molecule has 5 aromatic carbocycles. The number of aryl methyl sites for hydroxylation is 1. The Morgan fingerprint density at radius 3 is 1.86 bits per heavy atom. The van der Waals surface area contributed by atoms with Gasteiger partial charge in [0.1, 0.15) is 28.6 Å². The number of aromatic hydroxyl groups is 2. The van der Waals surface area contributed by atoms with Gasteiger partial charge in [0.2, 0.25) is 0 Å². The fourth-order valence-electron chi connectivity index (χ4n) is 4.12. The summed E-state index contributed by atoms with van der Waals surface area (Å²) in [6, 6.07) is 21.8. The lowest BCUT2D eigenvalue weighted by molar-refractivity contribution is 0.416. The fraction of sp³-hybridized carbons (Fsp3) is 0.0667. The lowest BCUT2D eigenvalue weighted by atomic mass is 10.1. The van der Waals surface area contributed by atoms with Crippen molar-refractivity contribution in [2.45, 2.75) is 11.8 Å². The highest BCUT2D eigenvalue weighted by atomic mass is 32.2. The Hall–Kier alpha value is -5.73. The lowest BCUT2D eigenvalue weighted by Crippen LogP contribution is -1.98. The Bertz CT molecular complexity index is 2060. The number of fused-ring (bicyclic) bond motifs is 1. The van der Waals surface area contributed by atoms with Crippen LogP contribution in [0.25, 0.3) is 10.8 Å². The number of azo groups is 3. The summed E-state index contributed by atoms with van der Waals surface area (Å²) in [5.41, 5.74) is 9.79. The monoisotopic (exact) mass is 611 g/mol. The second-order valence-electron chi connectivity index (χ2n) is 9.46. The van der Waals surface area contributed by atoms with Gasteiger partial charge in [-0.2, -0.15) is 28.9 Å². The van der Waals surface area contributed by atoms with E-state index in [0.717, 1.165) is 6.07 Å². The Balaban J connectivity index is 1.38. The van der Waals surface area contributed by atoms with Gasteiger partial charge in [-0.15, -0.1) is 10.2 Å². The molecule has 0 atom stereocenters. The standard InChI is InChI=1S/C30H25N7O6S/c1-17-13-26(36-37-30-24(31)12-3-18-14-23(44(40,41)42)15-27(39)29(18)30)28(43-2)16-25(17)35-34-20-6-4-19(5-7-20)32-33-21-8-10-22(38)11-9-21/h3-16,38-39H,31H2,1-2H3,(H,40,41,42). The molecule has 0 spiro atoms. The topological polar surface area (TPSA) is 204 Å². The summed E-state index contributed by atoms with van der Waals surface area (Å²) in [7, 11) is -3.08. The van der Waals surface area contributed by atoms with Crippen LogP contribution in [-0.4, -0.2) is 30.3 Å². The van der Waals surface area contributed by atoms with Crippen LogP contribution in [0.4, 0.5) is 39.8 Å². The molecule has 222 valence electrons. The number of anilines is 1. The van der Waals surface area contributed by atoms with E-state index >= 15 is 0 Å². The molecule has 0 amide bonds. The van der Waals surface area contributed by atoms with Crippen molar-refractivity contribution in [1.82, 2.24) is 0 Å². The van der Waals surface area contributed by atoms with E-state index in [1.807, 2.05) is 6.92 Å². The summed E-state index contributed by atoms with van der Waals surface area (Å²) in [6.45, 7) is 1.81. The van der Waals surface area contributed by atoms with Crippen LogP contribution < -0.4 is 10.5 Å². The minimum absolute atomic E-state index is 0.108. The maximum atomic E-state index is 11.6. The van der Waals surface area contributed by atoms with Crippen LogP contribution in [0.1, 0.15) is 5.56 Å². The van der Waals surface area contributed by atoms with Crippen molar-refractivity contribution in [2.24, 2.45) is 30.7 Å². The van der Waals surface area contributed by atoms with Gasteiger partial charge in [0.25, 0.3) is 10.1 Å². The van der Waals surface area contributed by atoms with Crippen molar-refractivity contribution in [3.8, 4) is 17.2 Å². The molecule has 0 aromatic heterocycles. The van der Waals surface area contributed by atoms with Crippen LogP contribution in [0.2, 0.25) is 0 Å². The minimum atomic E-state index is -4.54. The number of nitrogen functional groups attached to an aromatic ring is 1. The molecule has 14 heteroatoms. The molecule has 5 rings (SSSR count). The van der Waals surface area contributed by atoms with E-state index in [9.17, 15) is 23.2 Å². The molecule has 0 saturated carbocycles. The van der Waals surface area contributed by atoms with Gasteiger partial charge in [0, 0.05) is 12.1 Å². The lowest BCUT2D eigenvalue weighted by Gasteiger charge is -2.10. The third-order valence-corrected chi connectivity index (χ3v) is 7.21. The van der Waals surface area contributed by atoms with Crippen molar-refractivity contribution in [1.29, 1.82) is 0 Å². The number of ether oxygens (including phenoxy) is 1. The molecule has 0 saturated heterocycles. The van der Waals surface area contributed by atoms with Crippen LogP contribution in [0.3, 0.4) is 0 Å². The quantitative estimate of drug-likeness (QED) is 0.0762. The van der Waals surface area contributed by atoms with Gasteiger partial charge in [-0.05, 0) is 84.6 Å². The minimum Gasteiger partial charge on any atom is -0.508 e. The zero-order chi connectivity index (χ0) is 31.4. The van der Waals surface area contributed by atoms with Gasteiger partial charge in [0.05, 0.1) is 45.8 Å². The van der Waals surface area contributed by atoms with Crippen molar-refractivity contribution < 1.29 is 27.9 Å². The molecule has 0 unspecified atom stereocenters. The molecule has 44 heavy (non-hydrogen) atoms. The Labute approximate surface area is 251 Å². The van der Waals surface area contributed by atoms with Crippen LogP contribution in [0.5, 0.6) is 17.2 Å². The third-order valence-electron chi connectivity index (χ3n) is 6.38. The summed E-state index contributed by atoms with van der Waals surface area (Å²) in [4.78, 5) is -0.468. The fourth-order valence-corrected chi connectivity index (χ4v) is 4.66. The van der Waals surface area contributed by atoms with Crippen molar-refractivity contribution in [2.75, 3.05) is 12.8 Å². The second kappa shape index (κ2) is 12.2. The summed E-state index contributed by atoms with van der Waals surface area (Å²) in [6.07, 6.45) is 0. The number of hydrogen-bond acceptors (Lipinski definition) is 12. The molecule has 0 aliphatic heterocycles. The Morgan fingerprint density at radius 1 is 0.705 bits per heavy atom. The highest BCUT2D eigenvalue weighted by Gasteiger charge is 2.17. The van der Waals surface area contributed by atoms with Crippen LogP contribution in [-0.2, 0) is 10.1 Å². The SMILES string of the molecule is COc1cc(N=Nc2ccc(N=Nc3ccc(O)cc3)cc2)c(C)cc1N=Nc1c(N)ccc2cc(S(=O)(=O)O)cc(O)c12. The van der Waals surface area contributed by atoms with Gasteiger partial charge in [-0.25, -0.2) is 0 Å². The molecule has 0 aliphatic rings. The molecule has 0 fully saturated rings. The molecule has 0 heterocycles. The van der Waals surface area contributed by atoms with Crippen LogP contribution in [0.15, 0.2) is 121 Å². The maximum absolute atomic E-state index is 11.6. The number of methoxy groups -OCH3 is 1. The van der Waals surface area contributed by atoms with Crippen molar-refractivity contribution in [3.05, 3.63) is 90.5 Å². The van der Waals surface area contributed by atoms with E-state index < -0.39 is 20.8 Å². The normalized spacial score (nSPS) is 12.2. The van der Waals surface area contributed by atoms with Gasteiger partial charge < -0.3 is 20.7 Å². The highest BCUT2D eigenvalue weighted by molar-refractivity contribution is 7.85. The Morgan fingerprint density at radius 2 is 1.27 bits per heavy atom.